The fraction of sp³-hybridized carbons (Fsp3) is 0.162. The van der Waals surface area contributed by atoms with Crippen LogP contribution in [0.2, 0.25) is 0 Å². The first-order chi connectivity index (χ1) is 21.8. The zero-order valence-electron chi connectivity index (χ0n) is 24.5. The molecule has 0 atom stereocenters. The molecular weight excluding hydrogens is 568 g/mol. The second kappa shape index (κ2) is 11.4. The van der Waals surface area contributed by atoms with Crippen LogP contribution in [-0.2, 0) is 12.1 Å². The van der Waals surface area contributed by atoms with Gasteiger partial charge in [-0.15, -0.1) is 0 Å². The van der Waals surface area contributed by atoms with E-state index in [9.17, 15) is 13.6 Å². The standard InChI is InChI=1S/C37H31F2N5O/c38-36(39)18-19-43(25-36)24-26-20-28(23-41-22-26)27-16-17-33-32(21-27)34(35(40)45)42-44(33)37(29-10-4-1-5-11-29,30-12-6-2-7-13-30)31-14-8-3-9-15-31/h1-17,20-23H,18-19,24-25H2,(H2,40,45). The molecule has 45 heavy (non-hydrogen) atoms. The molecule has 0 unspecified atom stereocenters. The number of hydrogen-bond donors (Lipinski definition) is 1. The van der Waals surface area contributed by atoms with E-state index in [1.54, 1.807) is 17.3 Å². The molecule has 3 heterocycles. The fourth-order valence-corrected chi connectivity index (χ4v) is 6.57. The van der Waals surface area contributed by atoms with Crippen molar-refractivity contribution >= 4 is 16.8 Å². The largest absolute Gasteiger partial charge is 0.364 e. The highest BCUT2D eigenvalue weighted by molar-refractivity contribution is 6.05. The fourth-order valence-electron chi connectivity index (χ4n) is 6.57. The maximum Gasteiger partial charge on any atom is 0.269 e. The predicted molar refractivity (Wildman–Crippen MR) is 171 cm³/mol. The zero-order chi connectivity index (χ0) is 31.0. The van der Waals surface area contributed by atoms with E-state index in [0.717, 1.165) is 38.9 Å². The first-order valence-electron chi connectivity index (χ1n) is 14.9. The Morgan fingerprint density at radius 3 is 1.93 bits per heavy atom. The summed E-state index contributed by atoms with van der Waals surface area (Å²) in [6.45, 7) is 0.476. The lowest BCUT2D eigenvalue weighted by Gasteiger charge is -2.37. The van der Waals surface area contributed by atoms with E-state index in [2.05, 4.69) is 41.4 Å². The number of nitrogens with zero attached hydrogens (tertiary/aromatic N) is 4. The Morgan fingerprint density at radius 2 is 1.40 bits per heavy atom. The van der Waals surface area contributed by atoms with E-state index in [0.29, 0.717) is 18.5 Å². The van der Waals surface area contributed by atoms with Crippen LogP contribution < -0.4 is 5.73 Å². The minimum absolute atomic E-state index is 0.132. The second-order valence-corrected chi connectivity index (χ2v) is 11.6. The van der Waals surface area contributed by atoms with Crippen LogP contribution in [0.25, 0.3) is 22.0 Å². The molecule has 0 bridgehead atoms. The molecule has 7 rings (SSSR count). The zero-order valence-corrected chi connectivity index (χ0v) is 24.5. The van der Waals surface area contributed by atoms with E-state index < -0.39 is 17.4 Å². The summed E-state index contributed by atoms with van der Waals surface area (Å²) < 4.78 is 29.5. The Labute approximate surface area is 259 Å². The Morgan fingerprint density at radius 1 is 0.800 bits per heavy atom. The van der Waals surface area contributed by atoms with Gasteiger partial charge in [-0.05, 0) is 46.0 Å². The van der Waals surface area contributed by atoms with Crippen molar-refractivity contribution in [3.05, 3.63) is 156 Å². The molecule has 1 fully saturated rings. The highest BCUT2D eigenvalue weighted by Gasteiger charge is 2.41. The molecule has 0 spiro atoms. The van der Waals surface area contributed by atoms with Gasteiger partial charge in [0, 0.05) is 42.9 Å². The quantitative estimate of drug-likeness (QED) is 0.194. The number of fused-ring (bicyclic) bond motifs is 1. The summed E-state index contributed by atoms with van der Waals surface area (Å²) in [6, 6.07) is 38.1. The van der Waals surface area contributed by atoms with Gasteiger partial charge in [-0.3, -0.25) is 14.7 Å². The van der Waals surface area contributed by atoms with Crippen LogP contribution in [-0.4, -0.2) is 44.6 Å². The van der Waals surface area contributed by atoms with Crippen molar-refractivity contribution in [3.63, 3.8) is 0 Å². The molecule has 1 amide bonds. The van der Waals surface area contributed by atoms with Crippen LogP contribution in [0.1, 0.15) is 39.2 Å². The Kier molecular flexibility index (Phi) is 7.22. The molecule has 0 radical (unpaired) electrons. The molecular formula is C37H31F2N5O. The van der Waals surface area contributed by atoms with Gasteiger partial charge in [-0.2, -0.15) is 5.10 Å². The summed E-state index contributed by atoms with van der Waals surface area (Å²) >= 11 is 0. The number of carbonyl (C=O) groups is 1. The topological polar surface area (TPSA) is 77.0 Å². The third kappa shape index (κ3) is 5.17. The van der Waals surface area contributed by atoms with Crippen LogP contribution in [0.15, 0.2) is 128 Å². The van der Waals surface area contributed by atoms with Gasteiger partial charge in [-0.1, -0.05) is 97.1 Å². The smallest absolute Gasteiger partial charge is 0.269 e. The van der Waals surface area contributed by atoms with Crippen LogP contribution in [0, 0.1) is 0 Å². The van der Waals surface area contributed by atoms with Crippen molar-refractivity contribution in [2.24, 2.45) is 5.73 Å². The molecule has 1 aliphatic rings. The Bertz CT molecular complexity index is 1880. The average Bonchev–Trinajstić information content (AvgIpc) is 3.62. The molecule has 6 nitrogen and oxygen atoms in total. The molecule has 2 N–H and O–H groups in total. The van der Waals surface area contributed by atoms with Gasteiger partial charge in [0.25, 0.3) is 11.8 Å². The lowest BCUT2D eigenvalue weighted by Crippen LogP contribution is -2.38. The number of pyridine rings is 1. The molecule has 0 aliphatic carbocycles. The lowest BCUT2D eigenvalue weighted by atomic mass is 9.77. The molecule has 2 aromatic heterocycles. The predicted octanol–water partition coefficient (Wildman–Crippen LogP) is 6.88. The van der Waals surface area contributed by atoms with Gasteiger partial charge in [0.1, 0.15) is 5.54 Å². The summed E-state index contributed by atoms with van der Waals surface area (Å²) in [5.74, 6) is -3.30. The average molecular weight is 600 g/mol. The highest BCUT2D eigenvalue weighted by Crippen LogP contribution is 2.43. The van der Waals surface area contributed by atoms with Crippen molar-refractivity contribution in [2.75, 3.05) is 13.1 Å². The summed E-state index contributed by atoms with van der Waals surface area (Å²) in [4.78, 5) is 19.1. The maximum absolute atomic E-state index is 13.8. The number of primary amides is 1. The lowest BCUT2D eigenvalue weighted by molar-refractivity contribution is 0.0115. The number of benzene rings is 4. The van der Waals surface area contributed by atoms with Gasteiger partial charge >= 0.3 is 0 Å². The summed E-state index contributed by atoms with van der Waals surface area (Å²) in [7, 11) is 0. The molecule has 1 aliphatic heterocycles. The third-order valence-electron chi connectivity index (χ3n) is 8.59. The third-order valence-corrected chi connectivity index (χ3v) is 8.59. The van der Waals surface area contributed by atoms with Gasteiger partial charge in [-0.25, -0.2) is 13.5 Å². The van der Waals surface area contributed by atoms with Crippen LogP contribution >= 0.6 is 0 Å². The molecule has 8 heteroatoms. The van der Waals surface area contributed by atoms with Gasteiger partial charge in [0.15, 0.2) is 5.69 Å². The molecule has 224 valence electrons. The number of hydrogen-bond acceptors (Lipinski definition) is 4. The van der Waals surface area contributed by atoms with E-state index in [1.807, 2.05) is 83.5 Å². The van der Waals surface area contributed by atoms with Crippen molar-refractivity contribution in [1.29, 1.82) is 0 Å². The van der Waals surface area contributed by atoms with Gasteiger partial charge in [0.05, 0.1) is 12.1 Å². The number of aromatic nitrogens is 3. The van der Waals surface area contributed by atoms with E-state index >= 15 is 0 Å². The van der Waals surface area contributed by atoms with Crippen molar-refractivity contribution < 1.29 is 13.6 Å². The summed E-state index contributed by atoms with van der Waals surface area (Å²) in [5.41, 5.74) is 11.3. The van der Waals surface area contributed by atoms with Crippen LogP contribution in [0.4, 0.5) is 8.78 Å². The SMILES string of the molecule is NC(=O)c1nn(C(c2ccccc2)(c2ccccc2)c2ccccc2)c2ccc(-c3cncc(CN4CCC(F)(F)C4)c3)cc12. The normalized spacial score (nSPS) is 15.0. The number of carbonyl (C=O) groups excluding carboxylic acids is 1. The number of alkyl halides is 2. The number of halogens is 2. The number of likely N-dealkylation sites (tertiary alicyclic amines) is 1. The number of nitrogens with two attached hydrogens (primary N) is 1. The van der Waals surface area contributed by atoms with Crippen molar-refractivity contribution in [1.82, 2.24) is 19.7 Å². The monoisotopic (exact) mass is 599 g/mol. The molecule has 4 aromatic carbocycles. The number of rotatable bonds is 8. The first kappa shape index (κ1) is 28.6. The molecule has 6 aromatic rings. The van der Waals surface area contributed by atoms with E-state index in [1.165, 1.54) is 0 Å². The summed E-state index contributed by atoms with van der Waals surface area (Å²) in [5, 5.41) is 5.58. The summed E-state index contributed by atoms with van der Waals surface area (Å²) in [6.07, 6.45) is 3.31. The van der Waals surface area contributed by atoms with Crippen molar-refractivity contribution in [2.45, 2.75) is 24.4 Å². The van der Waals surface area contributed by atoms with Gasteiger partial charge in [0.2, 0.25) is 0 Å². The van der Waals surface area contributed by atoms with Crippen molar-refractivity contribution in [3.8, 4) is 11.1 Å². The maximum atomic E-state index is 13.8. The van der Waals surface area contributed by atoms with Gasteiger partial charge < -0.3 is 5.73 Å². The Hall–Kier alpha value is -5.21. The van der Waals surface area contributed by atoms with Crippen LogP contribution in [0.5, 0.6) is 0 Å². The number of amides is 1. The molecule has 1 saturated heterocycles. The molecule has 0 saturated carbocycles. The second-order valence-electron chi connectivity index (χ2n) is 11.6. The van der Waals surface area contributed by atoms with E-state index in [4.69, 9.17) is 10.8 Å². The Balaban J connectivity index is 1.42. The van der Waals surface area contributed by atoms with Crippen LogP contribution in [0.3, 0.4) is 0 Å². The van der Waals surface area contributed by atoms with E-state index in [-0.39, 0.29) is 18.7 Å². The first-order valence-corrected chi connectivity index (χ1v) is 14.9. The minimum atomic E-state index is -2.66. The minimum Gasteiger partial charge on any atom is -0.364 e. The highest BCUT2D eigenvalue weighted by atomic mass is 19.3.